The molecule has 2 rings (SSSR count). The van der Waals surface area contributed by atoms with E-state index in [-0.39, 0.29) is 0 Å². The smallest absolute Gasteiger partial charge is 0.328 e. The molecule has 1 N–H and O–H groups in total. The van der Waals surface area contributed by atoms with E-state index in [1.54, 1.807) is 17.4 Å². The number of thiophene rings is 1. The summed E-state index contributed by atoms with van der Waals surface area (Å²) in [6.45, 7) is 3.22. The third-order valence-corrected chi connectivity index (χ3v) is 4.47. The van der Waals surface area contributed by atoms with Gasteiger partial charge in [0.15, 0.2) is 0 Å². The average Bonchev–Trinajstić information content (AvgIpc) is 2.96. The Bertz CT molecular complexity index is 468. The van der Waals surface area contributed by atoms with Crippen molar-refractivity contribution >= 4 is 23.4 Å². The van der Waals surface area contributed by atoms with Crippen molar-refractivity contribution in [2.45, 2.75) is 19.0 Å². The highest BCUT2D eigenvalue weighted by Gasteiger charge is 2.23. The summed E-state index contributed by atoms with van der Waals surface area (Å²) < 4.78 is 0. The lowest BCUT2D eigenvalue weighted by molar-refractivity contribution is -0.131. The van der Waals surface area contributed by atoms with Crippen molar-refractivity contribution in [3.05, 3.63) is 28.0 Å². The molecule has 19 heavy (non-hydrogen) atoms. The molecule has 0 saturated carbocycles. The number of carboxylic acid groups (broad SMARTS) is 1. The van der Waals surface area contributed by atoms with E-state index in [4.69, 9.17) is 5.11 Å². The maximum absolute atomic E-state index is 10.5. The van der Waals surface area contributed by atoms with E-state index in [0.29, 0.717) is 6.04 Å². The zero-order valence-corrected chi connectivity index (χ0v) is 12.2. The molecule has 1 atom stereocenters. The quantitative estimate of drug-likeness (QED) is 0.838. The molecule has 1 unspecified atom stereocenters. The van der Waals surface area contributed by atoms with Crippen molar-refractivity contribution in [2.75, 3.05) is 27.2 Å². The molecule has 1 aromatic heterocycles. The van der Waals surface area contributed by atoms with Crippen LogP contribution in [0, 0.1) is 0 Å². The highest BCUT2D eigenvalue weighted by atomic mass is 32.1. The van der Waals surface area contributed by atoms with Gasteiger partial charge in [0.25, 0.3) is 0 Å². The zero-order valence-electron chi connectivity index (χ0n) is 11.4. The van der Waals surface area contributed by atoms with Gasteiger partial charge in [0, 0.05) is 41.5 Å². The molecule has 4 nitrogen and oxygen atoms in total. The molecule has 104 valence electrons. The SMILES string of the molecule is CN(C)C1CCN(Cc2ccc(/C=C/C(=O)O)s2)C1. The van der Waals surface area contributed by atoms with Gasteiger partial charge in [0.05, 0.1) is 0 Å². The first-order valence-corrected chi connectivity index (χ1v) is 7.25. The van der Waals surface area contributed by atoms with Crippen LogP contribution in [0.3, 0.4) is 0 Å². The minimum Gasteiger partial charge on any atom is -0.478 e. The van der Waals surface area contributed by atoms with Crippen molar-refractivity contribution in [3.8, 4) is 0 Å². The molecule has 1 fully saturated rings. The van der Waals surface area contributed by atoms with E-state index in [2.05, 4.69) is 30.0 Å². The van der Waals surface area contributed by atoms with E-state index in [9.17, 15) is 4.79 Å². The minimum atomic E-state index is -0.900. The average molecular weight is 280 g/mol. The Morgan fingerprint density at radius 3 is 3.00 bits per heavy atom. The molecular formula is C14H20N2O2S. The fourth-order valence-electron chi connectivity index (χ4n) is 2.32. The van der Waals surface area contributed by atoms with Crippen LogP contribution in [-0.4, -0.2) is 54.1 Å². The number of likely N-dealkylation sites (N-methyl/N-ethyl adjacent to an activating group) is 1. The van der Waals surface area contributed by atoms with Crippen molar-refractivity contribution in [1.29, 1.82) is 0 Å². The van der Waals surface area contributed by atoms with Gasteiger partial charge in [0.1, 0.15) is 0 Å². The summed E-state index contributed by atoms with van der Waals surface area (Å²) in [5.74, 6) is -0.900. The molecule has 1 saturated heterocycles. The molecule has 5 heteroatoms. The summed E-state index contributed by atoms with van der Waals surface area (Å²) in [7, 11) is 4.27. The second-order valence-electron chi connectivity index (χ2n) is 5.12. The normalized spacial score (nSPS) is 20.7. The Kier molecular flexibility index (Phi) is 4.74. The molecule has 2 heterocycles. The van der Waals surface area contributed by atoms with Gasteiger partial charge in [-0.15, -0.1) is 11.3 Å². The number of hydrogen-bond acceptors (Lipinski definition) is 4. The monoisotopic (exact) mass is 280 g/mol. The van der Waals surface area contributed by atoms with Gasteiger partial charge in [-0.05, 0) is 38.7 Å². The first-order chi connectivity index (χ1) is 9.04. The van der Waals surface area contributed by atoms with Gasteiger partial charge >= 0.3 is 5.97 Å². The van der Waals surface area contributed by atoms with Gasteiger partial charge < -0.3 is 10.0 Å². The molecule has 0 aliphatic carbocycles. The summed E-state index contributed by atoms with van der Waals surface area (Å²) in [5.41, 5.74) is 0. The first kappa shape index (κ1) is 14.2. The maximum atomic E-state index is 10.5. The van der Waals surface area contributed by atoms with Crippen molar-refractivity contribution in [3.63, 3.8) is 0 Å². The van der Waals surface area contributed by atoms with Crippen LogP contribution in [0.5, 0.6) is 0 Å². The van der Waals surface area contributed by atoms with Crippen molar-refractivity contribution in [1.82, 2.24) is 9.80 Å². The Labute approximate surface area is 118 Å². The number of carboxylic acids is 1. The number of aliphatic carboxylic acids is 1. The largest absolute Gasteiger partial charge is 0.478 e. The van der Waals surface area contributed by atoms with Crippen LogP contribution in [0.15, 0.2) is 18.2 Å². The molecule has 0 radical (unpaired) electrons. The number of carbonyl (C=O) groups is 1. The van der Waals surface area contributed by atoms with Gasteiger partial charge in [-0.3, -0.25) is 4.90 Å². The van der Waals surface area contributed by atoms with Crippen molar-refractivity contribution in [2.24, 2.45) is 0 Å². The summed E-state index contributed by atoms with van der Waals surface area (Å²) in [6, 6.07) is 4.74. The standard InChI is InChI=1S/C14H20N2O2S/c1-15(2)11-7-8-16(9-11)10-13-4-3-12(19-13)5-6-14(17)18/h3-6,11H,7-10H2,1-2H3,(H,17,18)/b6-5+. The van der Waals surface area contributed by atoms with E-state index in [1.165, 1.54) is 17.4 Å². The van der Waals surface area contributed by atoms with Crippen LogP contribution in [-0.2, 0) is 11.3 Å². The van der Waals surface area contributed by atoms with Crippen LogP contribution in [0.4, 0.5) is 0 Å². The van der Waals surface area contributed by atoms with Crippen LogP contribution < -0.4 is 0 Å². The molecule has 1 aromatic rings. The summed E-state index contributed by atoms with van der Waals surface area (Å²) in [4.78, 5) is 17.5. The van der Waals surface area contributed by atoms with Crippen LogP contribution in [0.2, 0.25) is 0 Å². The molecular weight excluding hydrogens is 260 g/mol. The molecule has 1 aliphatic rings. The third kappa shape index (κ3) is 4.16. The lowest BCUT2D eigenvalue weighted by atomic mass is 10.2. The Morgan fingerprint density at radius 1 is 1.58 bits per heavy atom. The molecule has 0 bridgehead atoms. The Morgan fingerprint density at radius 2 is 2.37 bits per heavy atom. The van der Waals surface area contributed by atoms with Crippen molar-refractivity contribution < 1.29 is 9.90 Å². The lowest BCUT2D eigenvalue weighted by Gasteiger charge is -2.19. The highest BCUT2D eigenvalue weighted by molar-refractivity contribution is 7.12. The predicted octanol–water partition coefficient (Wildman–Crippen LogP) is 1.98. The third-order valence-electron chi connectivity index (χ3n) is 3.43. The second-order valence-corrected chi connectivity index (χ2v) is 6.32. The fourth-order valence-corrected chi connectivity index (χ4v) is 3.28. The zero-order chi connectivity index (χ0) is 13.8. The van der Waals surface area contributed by atoms with Crippen LogP contribution in [0.25, 0.3) is 6.08 Å². The molecule has 0 spiro atoms. The number of hydrogen-bond donors (Lipinski definition) is 1. The first-order valence-electron chi connectivity index (χ1n) is 6.43. The number of rotatable bonds is 5. The Hall–Kier alpha value is -1.17. The predicted molar refractivity (Wildman–Crippen MR) is 78.4 cm³/mol. The van der Waals surface area contributed by atoms with E-state index in [1.807, 2.05) is 6.07 Å². The van der Waals surface area contributed by atoms with Gasteiger partial charge in [0.2, 0.25) is 0 Å². The lowest BCUT2D eigenvalue weighted by Crippen LogP contribution is -2.31. The topological polar surface area (TPSA) is 43.8 Å². The number of likely N-dealkylation sites (tertiary alicyclic amines) is 1. The molecule has 0 amide bonds. The van der Waals surface area contributed by atoms with Gasteiger partial charge in [-0.1, -0.05) is 0 Å². The minimum absolute atomic E-state index is 0.659. The highest BCUT2D eigenvalue weighted by Crippen LogP contribution is 2.22. The van der Waals surface area contributed by atoms with E-state index in [0.717, 1.165) is 24.5 Å². The second kappa shape index (κ2) is 6.32. The maximum Gasteiger partial charge on any atom is 0.328 e. The fraction of sp³-hybridized carbons (Fsp3) is 0.500. The summed E-state index contributed by atoms with van der Waals surface area (Å²) in [6.07, 6.45) is 4.07. The van der Waals surface area contributed by atoms with Gasteiger partial charge in [-0.25, -0.2) is 4.79 Å². The molecule has 0 aromatic carbocycles. The van der Waals surface area contributed by atoms with Crippen LogP contribution >= 0.6 is 11.3 Å². The molecule has 1 aliphatic heterocycles. The van der Waals surface area contributed by atoms with Gasteiger partial charge in [-0.2, -0.15) is 0 Å². The van der Waals surface area contributed by atoms with E-state index >= 15 is 0 Å². The summed E-state index contributed by atoms with van der Waals surface area (Å²) >= 11 is 1.67. The van der Waals surface area contributed by atoms with E-state index < -0.39 is 5.97 Å². The Balaban J connectivity index is 1.89. The number of nitrogens with zero attached hydrogens (tertiary/aromatic N) is 2. The summed E-state index contributed by atoms with van der Waals surface area (Å²) in [5, 5.41) is 8.60. The van der Waals surface area contributed by atoms with Crippen LogP contribution in [0.1, 0.15) is 16.2 Å².